The molecule has 13 heavy (non-hydrogen) atoms. The first-order valence-corrected chi connectivity index (χ1v) is 4.58. The smallest absolute Gasteiger partial charge is 0.206 e. The Labute approximate surface area is 79.7 Å². The van der Waals surface area contributed by atoms with Crippen molar-refractivity contribution in [1.82, 2.24) is 0 Å². The summed E-state index contributed by atoms with van der Waals surface area (Å²) in [5, 5.41) is 0. The molecule has 0 aliphatic rings. The fraction of sp³-hybridized carbons (Fsp3) is 0.818. The Morgan fingerprint density at radius 2 is 1.69 bits per heavy atom. The van der Waals surface area contributed by atoms with Crippen molar-refractivity contribution in [3.63, 3.8) is 0 Å². The van der Waals surface area contributed by atoms with Gasteiger partial charge in [0.25, 0.3) is 5.92 Å². The van der Waals surface area contributed by atoms with E-state index >= 15 is 0 Å². The van der Waals surface area contributed by atoms with Gasteiger partial charge in [0.05, 0.1) is 6.42 Å². The molecule has 0 aliphatic heterocycles. The lowest BCUT2D eigenvalue weighted by molar-refractivity contribution is -0.00633. The lowest BCUT2D eigenvalue weighted by Gasteiger charge is -2.19. The van der Waals surface area contributed by atoms with Crippen molar-refractivity contribution in [3.8, 4) is 12.3 Å². The van der Waals surface area contributed by atoms with Gasteiger partial charge in [0.2, 0.25) is 0 Å². The van der Waals surface area contributed by atoms with Gasteiger partial charge >= 0.3 is 0 Å². The maximum absolute atomic E-state index is 12.9. The van der Waals surface area contributed by atoms with Crippen LogP contribution in [-0.4, -0.2) is 5.92 Å². The zero-order chi connectivity index (χ0) is 10.5. The van der Waals surface area contributed by atoms with Gasteiger partial charge in [-0.3, -0.25) is 0 Å². The predicted molar refractivity (Wildman–Crippen MR) is 51.7 cm³/mol. The summed E-state index contributed by atoms with van der Waals surface area (Å²) >= 11 is 0. The van der Waals surface area contributed by atoms with Gasteiger partial charge in [-0.2, -0.15) is 0 Å². The maximum Gasteiger partial charge on any atom is 0.258 e. The molecule has 0 bridgehead atoms. The molecule has 0 aliphatic carbocycles. The second-order valence-electron chi connectivity index (χ2n) is 4.65. The van der Waals surface area contributed by atoms with Crippen molar-refractivity contribution in [3.05, 3.63) is 0 Å². The van der Waals surface area contributed by atoms with Gasteiger partial charge in [-0.15, -0.1) is 12.3 Å². The SMILES string of the molecule is C#CCC(F)(F)CCCC(C)(C)C. The van der Waals surface area contributed by atoms with Gasteiger partial charge < -0.3 is 0 Å². The molecular formula is C11H18F2. The summed E-state index contributed by atoms with van der Waals surface area (Å²) < 4.78 is 25.7. The number of terminal acetylenes is 1. The van der Waals surface area contributed by atoms with E-state index in [4.69, 9.17) is 6.42 Å². The summed E-state index contributed by atoms with van der Waals surface area (Å²) in [5.41, 5.74) is 0.131. The van der Waals surface area contributed by atoms with Crippen LogP contribution in [0.3, 0.4) is 0 Å². The molecule has 0 atom stereocenters. The van der Waals surface area contributed by atoms with Crippen LogP contribution in [0.2, 0.25) is 0 Å². The van der Waals surface area contributed by atoms with E-state index in [-0.39, 0.29) is 11.8 Å². The van der Waals surface area contributed by atoms with E-state index in [1.807, 2.05) is 26.7 Å². The number of rotatable bonds is 4. The van der Waals surface area contributed by atoms with E-state index in [1.165, 1.54) is 0 Å². The molecule has 0 saturated heterocycles. The third-order valence-electron chi connectivity index (χ3n) is 1.83. The number of hydrogen-bond acceptors (Lipinski definition) is 0. The topological polar surface area (TPSA) is 0 Å². The Hall–Kier alpha value is -0.580. The van der Waals surface area contributed by atoms with Crippen LogP contribution in [-0.2, 0) is 0 Å². The molecule has 0 fully saturated rings. The van der Waals surface area contributed by atoms with Crippen LogP contribution >= 0.6 is 0 Å². The van der Waals surface area contributed by atoms with Crippen molar-refractivity contribution < 1.29 is 8.78 Å². The summed E-state index contributed by atoms with van der Waals surface area (Å²) in [6, 6.07) is 0. The molecule has 0 aromatic heterocycles. The first kappa shape index (κ1) is 12.4. The monoisotopic (exact) mass is 188 g/mol. The largest absolute Gasteiger partial charge is 0.258 e. The van der Waals surface area contributed by atoms with Crippen molar-refractivity contribution in [2.24, 2.45) is 5.41 Å². The van der Waals surface area contributed by atoms with Gasteiger partial charge in [0.15, 0.2) is 0 Å². The van der Waals surface area contributed by atoms with Crippen LogP contribution in [0.15, 0.2) is 0 Å². The average molecular weight is 188 g/mol. The normalized spacial score (nSPS) is 12.6. The Bertz CT molecular complexity index is 181. The van der Waals surface area contributed by atoms with Gasteiger partial charge in [-0.05, 0) is 18.3 Å². The molecule has 0 unspecified atom stereocenters. The Morgan fingerprint density at radius 3 is 2.08 bits per heavy atom. The predicted octanol–water partition coefficient (Wildman–Crippen LogP) is 3.86. The van der Waals surface area contributed by atoms with Crippen LogP contribution in [0.5, 0.6) is 0 Å². The van der Waals surface area contributed by atoms with Crippen LogP contribution in [0, 0.1) is 17.8 Å². The molecule has 2 heteroatoms. The summed E-state index contributed by atoms with van der Waals surface area (Å²) in [7, 11) is 0. The van der Waals surface area contributed by atoms with Crippen molar-refractivity contribution in [2.45, 2.75) is 52.4 Å². The quantitative estimate of drug-likeness (QED) is 0.588. The highest BCUT2D eigenvalue weighted by molar-refractivity contribution is 4.90. The van der Waals surface area contributed by atoms with E-state index in [0.717, 1.165) is 6.42 Å². The summed E-state index contributed by atoms with van der Waals surface area (Å²) in [6.07, 6.45) is 5.67. The van der Waals surface area contributed by atoms with Crippen LogP contribution in [0.4, 0.5) is 8.78 Å². The molecular weight excluding hydrogens is 170 g/mol. The van der Waals surface area contributed by atoms with Crippen molar-refractivity contribution in [2.75, 3.05) is 0 Å². The van der Waals surface area contributed by atoms with E-state index in [2.05, 4.69) is 0 Å². The number of halogens is 2. The second kappa shape index (κ2) is 4.60. The summed E-state index contributed by atoms with van der Waals surface area (Å²) in [4.78, 5) is 0. The Balaban J connectivity index is 3.71. The highest BCUT2D eigenvalue weighted by atomic mass is 19.3. The van der Waals surface area contributed by atoms with E-state index in [9.17, 15) is 8.78 Å². The molecule has 76 valence electrons. The van der Waals surface area contributed by atoms with Crippen LogP contribution < -0.4 is 0 Å². The van der Waals surface area contributed by atoms with Gasteiger partial charge in [-0.25, -0.2) is 8.78 Å². The lowest BCUT2D eigenvalue weighted by Crippen LogP contribution is -2.16. The molecule has 0 aromatic carbocycles. The molecule has 0 rings (SSSR count). The zero-order valence-electron chi connectivity index (χ0n) is 8.66. The first-order chi connectivity index (χ1) is 5.77. The number of alkyl halides is 2. The van der Waals surface area contributed by atoms with Crippen molar-refractivity contribution >= 4 is 0 Å². The molecule has 0 radical (unpaired) electrons. The highest BCUT2D eigenvalue weighted by Gasteiger charge is 2.27. The maximum atomic E-state index is 12.9. The third kappa shape index (κ3) is 7.77. The van der Waals surface area contributed by atoms with Gasteiger partial charge in [-0.1, -0.05) is 20.8 Å². The molecule has 0 aromatic rings. The molecule has 0 saturated carbocycles. The summed E-state index contributed by atoms with van der Waals surface area (Å²) in [6.45, 7) is 6.14. The third-order valence-corrected chi connectivity index (χ3v) is 1.83. The second-order valence-corrected chi connectivity index (χ2v) is 4.65. The fourth-order valence-electron chi connectivity index (χ4n) is 1.12. The van der Waals surface area contributed by atoms with E-state index < -0.39 is 12.3 Å². The summed E-state index contributed by atoms with van der Waals surface area (Å²) in [5.74, 6) is -0.661. The molecule has 0 spiro atoms. The standard InChI is InChI=1S/C11H18F2/c1-5-7-11(12,13)9-6-8-10(2,3)4/h1H,6-9H2,2-4H3. The minimum atomic E-state index is -2.67. The molecule has 0 amide bonds. The lowest BCUT2D eigenvalue weighted by atomic mass is 9.89. The van der Waals surface area contributed by atoms with Crippen molar-refractivity contribution in [1.29, 1.82) is 0 Å². The van der Waals surface area contributed by atoms with Gasteiger partial charge in [0, 0.05) is 6.42 Å². The zero-order valence-corrected chi connectivity index (χ0v) is 8.66. The van der Waals surface area contributed by atoms with E-state index in [0.29, 0.717) is 6.42 Å². The van der Waals surface area contributed by atoms with Crippen LogP contribution in [0.25, 0.3) is 0 Å². The fourth-order valence-corrected chi connectivity index (χ4v) is 1.12. The van der Waals surface area contributed by atoms with Crippen LogP contribution in [0.1, 0.15) is 46.5 Å². The highest BCUT2D eigenvalue weighted by Crippen LogP contribution is 2.29. The molecule has 0 heterocycles. The number of hydrogen-bond donors (Lipinski definition) is 0. The Kier molecular flexibility index (Phi) is 4.39. The minimum Gasteiger partial charge on any atom is -0.206 e. The average Bonchev–Trinajstić information content (AvgIpc) is 1.82. The minimum absolute atomic E-state index is 0.0888. The van der Waals surface area contributed by atoms with E-state index in [1.54, 1.807) is 0 Å². The first-order valence-electron chi connectivity index (χ1n) is 4.58. The Morgan fingerprint density at radius 1 is 1.15 bits per heavy atom. The molecule has 0 N–H and O–H groups in total. The molecule has 0 nitrogen and oxygen atoms in total. The van der Waals surface area contributed by atoms with Gasteiger partial charge in [0.1, 0.15) is 0 Å².